The van der Waals surface area contributed by atoms with E-state index in [0.717, 1.165) is 43.1 Å². The van der Waals surface area contributed by atoms with E-state index < -0.39 is 10.0 Å². The van der Waals surface area contributed by atoms with Crippen molar-refractivity contribution in [3.05, 3.63) is 15.9 Å². The van der Waals surface area contributed by atoms with Crippen molar-refractivity contribution in [3.63, 3.8) is 0 Å². The Balaban J connectivity index is 1.72. The maximum Gasteiger partial charge on any atom is 0.250 e. The minimum atomic E-state index is -3.34. The van der Waals surface area contributed by atoms with Crippen LogP contribution in [0.3, 0.4) is 0 Å². The Morgan fingerprint density at radius 3 is 2.74 bits per heavy atom. The maximum absolute atomic E-state index is 11.9. The minimum absolute atomic E-state index is 0.359. The summed E-state index contributed by atoms with van der Waals surface area (Å²) in [5.74, 6) is 0. The van der Waals surface area contributed by atoms with Gasteiger partial charge in [0.05, 0.1) is 23.5 Å². The van der Waals surface area contributed by atoms with Gasteiger partial charge in [0.1, 0.15) is 17.3 Å². The minimum Gasteiger partial charge on any atom is -0.370 e. The smallest absolute Gasteiger partial charge is 0.250 e. The van der Waals surface area contributed by atoms with E-state index in [1.165, 1.54) is 16.2 Å². The predicted octanol–water partition coefficient (Wildman–Crippen LogP) is 0.0941. The number of halogens is 1. The van der Waals surface area contributed by atoms with Gasteiger partial charge in [-0.2, -0.15) is 0 Å². The zero-order valence-electron chi connectivity index (χ0n) is 10.5. The second-order valence-corrected chi connectivity index (χ2v) is 8.88. The fourth-order valence-corrected chi connectivity index (χ4v) is 5.10. The van der Waals surface area contributed by atoms with E-state index in [-0.39, 0.29) is 0 Å². The third-order valence-electron chi connectivity index (χ3n) is 3.01. The third kappa shape index (κ3) is 4.80. The van der Waals surface area contributed by atoms with E-state index in [0.29, 0.717) is 10.8 Å². The molecule has 0 aliphatic carbocycles. The number of thiophene rings is 1. The van der Waals surface area contributed by atoms with Crippen LogP contribution in [0.2, 0.25) is 0 Å². The highest BCUT2D eigenvalue weighted by molar-refractivity contribution is 9.11. The van der Waals surface area contributed by atoms with E-state index in [4.69, 9.17) is 4.74 Å². The predicted molar refractivity (Wildman–Crippen MR) is 78.2 cm³/mol. The fourth-order valence-electron chi connectivity index (χ4n) is 1.97. The maximum atomic E-state index is 11.9. The van der Waals surface area contributed by atoms with Crippen LogP contribution in [0.4, 0.5) is 0 Å². The molecule has 5 nitrogen and oxygen atoms in total. The van der Waals surface area contributed by atoms with Crippen LogP contribution in [0.1, 0.15) is 6.42 Å². The topological polar surface area (TPSA) is 59.8 Å². The summed E-state index contributed by atoms with van der Waals surface area (Å²) in [7, 11) is -3.34. The van der Waals surface area contributed by atoms with E-state index >= 15 is 0 Å². The normalized spacial score (nSPS) is 17.7. The van der Waals surface area contributed by atoms with Gasteiger partial charge >= 0.3 is 0 Å². The first-order valence-electron chi connectivity index (χ1n) is 6.24. The molecule has 0 aromatic carbocycles. The molecule has 108 valence electrons. The van der Waals surface area contributed by atoms with Crippen molar-refractivity contribution < 1.29 is 18.1 Å². The number of hydrogen-bond acceptors (Lipinski definition) is 4. The Kier molecular flexibility index (Phi) is 5.79. The summed E-state index contributed by atoms with van der Waals surface area (Å²) in [6.45, 7) is 5.13. The molecule has 0 amide bonds. The van der Waals surface area contributed by atoms with Crippen molar-refractivity contribution in [2.45, 2.75) is 10.6 Å². The van der Waals surface area contributed by atoms with Crippen LogP contribution in [0.5, 0.6) is 0 Å². The standard InChI is InChI=1S/C11H17BrN2O3S2/c12-10-2-3-11(18-10)19(15,16)13-4-1-5-14-6-8-17-9-7-14/h2-3,13H,1,4-9H2/p+1. The molecule has 0 bridgehead atoms. The van der Waals surface area contributed by atoms with Gasteiger partial charge in [-0.15, -0.1) is 11.3 Å². The van der Waals surface area contributed by atoms with Crippen LogP contribution in [-0.4, -0.2) is 47.8 Å². The molecule has 8 heteroatoms. The number of hydrogen-bond donors (Lipinski definition) is 2. The van der Waals surface area contributed by atoms with Gasteiger partial charge in [-0.25, -0.2) is 13.1 Å². The van der Waals surface area contributed by atoms with Crippen LogP contribution in [-0.2, 0) is 14.8 Å². The molecule has 2 heterocycles. The Morgan fingerprint density at radius 1 is 1.37 bits per heavy atom. The highest BCUT2D eigenvalue weighted by atomic mass is 79.9. The van der Waals surface area contributed by atoms with Crippen LogP contribution in [0.25, 0.3) is 0 Å². The molecule has 1 aliphatic heterocycles. The van der Waals surface area contributed by atoms with Crippen LogP contribution in [0.15, 0.2) is 20.1 Å². The number of morpholine rings is 1. The molecule has 1 aliphatic rings. The first-order valence-corrected chi connectivity index (χ1v) is 9.33. The van der Waals surface area contributed by atoms with Gasteiger partial charge in [0.25, 0.3) is 0 Å². The van der Waals surface area contributed by atoms with Gasteiger partial charge in [-0.3, -0.25) is 0 Å². The largest absolute Gasteiger partial charge is 0.370 e. The van der Waals surface area contributed by atoms with E-state index in [2.05, 4.69) is 20.7 Å². The molecule has 1 aromatic rings. The quantitative estimate of drug-likeness (QED) is 0.698. The van der Waals surface area contributed by atoms with Crippen molar-refractivity contribution in [1.82, 2.24) is 4.72 Å². The van der Waals surface area contributed by atoms with Gasteiger partial charge in [0.2, 0.25) is 10.0 Å². The molecule has 2 N–H and O–H groups in total. The molecule has 1 saturated heterocycles. The van der Waals surface area contributed by atoms with Gasteiger partial charge in [-0.05, 0) is 28.1 Å². The molecule has 0 spiro atoms. The lowest BCUT2D eigenvalue weighted by Gasteiger charge is -2.23. The summed E-state index contributed by atoms with van der Waals surface area (Å²) in [4.78, 5) is 1.49. The SMILES string of the molecule is O=S(=O)(NCCC[NH+]1CCOCC1)c1ccc(Br)s1. The average molecular weight is 370 g/mol. The molecule has 0 radical (unpaired) electrons. The van der Waals surface area contributed by atoms with Crippen LogP contribution >= 0.6 is 27.3 Å². The summed E-state index contributed by atoms with van der Waals surface area (Å²) in [6, 6.07) is 3.36. The second-order valence-electron chi connectivity index (χ2n) is 4.42. The van der Waals surface area contributed by atoms with E-state index in [1.807, 2.05) is 0 Å². The molecule has 1 aromatic heterocycles. The lowest BCUT2D eigenvalue weighted by atomic mass is 10.3. The lowest BCUT2D eigenvalue weighted by Crippen LogP contribution is -3.14. The first kappa shape index (κ1) is 15.4. The molecule has 0 atom stereocenters. The van der Waals surface area contributed by atoms with Gasteiger partial charge in [0, 0.05) is 13.0 Å². The van der Waals surface area contributed by atoms with Gasteiger partial charge in [0.15, 0.2) is 0 Å². The molecule has 0 saturated carbocycles. The monoisotopic (exact) mass is 369 g/mol. The van der Waals surface area contributed by atoms with Crippen LogP contribution < -0.4 is 9.62 Å². The van der Waals surface area contributed by atoms with Gasteiger partial charge in [-0.1, -0.05) is 0 Å². The van der Waals surface area contributed by atoms with E-state index in [9.17, 15) is 8.42 Å². The molecule has 0 unspecified atom stereocenters. The first-order chi connectivity index (χ1) is 9.08. The second kappa shape index (κ2) is 7.14. The lowest BCUT2D eigenvalue weighted by molar-refractivity contribution is -0.908. The van der Waals surface area contributed by atoms with Crippen molar-refractivity contribution in [1.29, 1.82) is 0 Å². The summed E-state index contributed by atoms with van der Waals surface area (Å²) < 4.78 is 33.0. The van der Waals surface area contributed by atoms with Crippen molar-refractivity contribution >= 4 is 37.3 Å². The zero-order chi connectivity index (χ0) is 13.7. The highest BCUT2D eigenvalue weighted by Gasteiger charge is 2.17. The zero-order valence-corrected chi connectivity index (χ0v) is 13.7. The summed E-state index contributed by atoms with van der Waals surface area (Å²) >= 11 is 4.49. The number of sulfonamides is 1. The van der Waals surface area contributed by atoms with Crippen molar-refractivity contribution in [2.75, 3.05) is 39.4 Å². The van der Waals surface area contributed by atoms with E-state index in [1.54, 1.807) is 12.1 Å². The molecular weight excluding hydrogens is 352 g/mol. The number of quaternary nitrogens is 1. The molecule has 1 fully saturated rings. The van der Waals surface area contributed by atoms with Crippen LogP contribution in [0, 0.1) is 0 Å². The highest BCUT2D eigenvalue weighted by Crippen LogP contribution is 2.25. The Hall–Kier alpha value is 0.01000. The average Bonchev–Trinajstić information content (AvgIpc) is 2.84. The summed E-state index contributed by atoms with van der Waals surface area (Å²) in [5.41, 5.74) is 0. The third-order valence-corrected chi connectivity index (χ3v) is 6.59. The summed E-state index contributed by atoms with van der Waals surface area (Å²) in [5, 5.41) is 0. The number of nitrogens with one attached hydrogen (secondary N) is 2. The Morgan fingerprint density at radius 2 is 2.11 bits per heavy atom. The molecule has 19 heavy (non-hydrogen) atoms. The Labute approximate surface area is 126 Å². The fraction of sp³-hybridized carbons (Fsp3) is 0.636. The number of rotatable bonds is 6. The van der Waals surface area contributed by atoms with Crippen molar-refractivity contribution in [2.24, 2.45) is 0 Å². The van der Waals surface area contributed by atoms with Gasteiger partial charge < -0.3 is 9.64 Å². The van der Waals surface area contributed by atoms with Crippen molar-refractivity contribution in [3.8, 4) is 0 Å². The molecular formula is C11H18BrN2O3S2+. The number of ether oxygens (including phenoxy) is 1. The Bertz CT molecular complexity index is 498. The molecule has 2 rings (SSSR count). The summed E-state index contributed by atoms with van der Waals surface area (Å²) in [6.07, 6.45) is 0.848.